The van der Waals surface area contributed by atoms with Crippen LogP contribution in [0.25, 0.3) is 0 Å². The molecule has 0 aliphatic carbocycles. The minimum Gasteiger partial charge on any atom is -0.376 e. The van der Waals surface area contributed by atoms with Crippen LogP contribution in [0.4, 0.5) is 5.69 Å². The van der Waals surface area contributed by atoms with Crippen LogP contribution in [0.2, 0.25) is 5.02 Å². The van der Waals surface area contributed by atoms with E-state index < -0.39 is 0 Å². The Kier molecular flexibility index (Phi) is 3.44. The predicted octanol–water partition coefficient (Wildman–Crippen LogP) is 1.81. The summed E-state index contributed by atoms with van der Waals surface area (Å²) in [6.45, 7) is 2.47. The first-order valence-electron chi connectivity index (χ1n) is 4.94. The van der Waals surface area contributed by atoms with Gasteiger partial charge in [0.25, 0.3) is 5.56 Å². The fourth-order valence-electron chi connectivity index (χ4n) is 1.29. The Morgan fingerprint density at radius 1 is 1.59 bits per heavy atom. The average Bonchev–Trinajstić information content (AvgIpc) is 2.71. The molecule has 1 N–H and O–H groups in total. The first-order valence-corrected chi connectivity index (χ1v) is 6.20. The molecule has 17 heavy (non-hydrogen) atoms. The van der Waals surface area contributed by atoms with Crippen LogP contribution < -0.4 is 10.9 Å². The number of halogens is 1. The zero-order valence-electron chi connectivity index (χ0n) is 9.40. The van der Waals surface area contributed by atoms with Crippen molar-refractivity contribution in [1.29, 1.82) is 0 Å². The molecule has 0 aliphatic heterocycles. The molecule has 2 heterocycles. The number of thiazole rings is 1. The predicted molar refractivity (Wildman–Crippen MR) is 68.7 cm³/mol. The Labute approximate surface area is 107 Å². The normalized spacial score (nSPS) is 10.5. The van der Waals surface area contributed by atoms with Gasteiger partial charge in [-0.2, -0.15) is 5.10 Å². The minimum absolute atomic E-state index is 0.149. The lowest BCUT2D eigenvalue weighted by Crippen LogP contribution is -2.21. The molecule has 2 rings (SSSR count). The summed E-state index contributed by atoms with van der Waals surface area (Å²) in [5.41, 5.74) is 1.20. The number of hydrogen-bond donors (Lipinski definition) is 1. The van der Waals surface area contributed by atoms with Gasteiger partial charge in [0.15, 0.2) is 0 Å². The van der Waals surface area contributed by atoms with Crippen molar-refractivity contribution in [2.24, 2.45) is 7.05 Å². The Hall–Kier alpha value is -1.40. The van der Waals surface area contributed by atoms with E-state index in [1.165, 1.54) is 10.9 Å². The van der Waals surface area contributed by atoms with Crippen molar-refractivity contribution in [2.45, 2.75) is 13.5 Å². The molecule has 0 unspecified atom stereocenters. The lowest BCUT2D eigenvalue weighted by atomic mass is 10.4. The number of hydrogen-bond acceptors (Lipinski definition) is 5. The molecule has 0 saturated carbocycles. The van der Waals surface area contributed by atoms with Crippen molar-refractivity contribution in [1.82, 2.24) is 14.8 Å². The first-order chi connectivity index (χ1) is 8.08. The third kappa shape index (κ3) is 2.65. The summed E-state index contributed by atoms with van der Waals surface area (Å²) in [7, 11) is 1.56. The number of anilines is 1. The van der Waals surface area contributed by atoms with Crippen LogP contribution in [0.3, 0.4) is 0 Å². The molecular weight excluding hydrogens is 260 g/mol. The van der Waals surface area contributed by atoms with E-state index >= 15 is 0 Å². The molecule has 0 spiro atoms. The minimum atomic E-state index is -0.313. The van der Waals surface area contributed by atoms with Crippen molar-refractivity contribution < 1.29 is 0 Å². The second kappa shape index (κ2) is 4.85. The van der Waals surface area contributed by atoms with Crippen LogP contribution in [0, 0.1) is 6.92 Å². The molecule has 0 radical (unpaired) electrons. The van der Waals surface area contributed by atoms with E-state index in [1.54, 1.807) is 18.4 Å². The molecule has 0 bridgehead atoms. The number of nitrogens with one attached hydrogen (secondary N) is 1. The summed E-state index contributed by atoms with van der Waals surface area (Å²) in [5, 5.41) is 10.0. The smallest absolute Gasteiger partial charge is 0.287 e. The van der Waals surface area contributed by atoms with E-state index in [0.717, 1.165) is 10.7 Å². The Bertz CT molecular complexity index is 592. The molecule has 0 atom stereocenters. The number of nitrogens with zero attached hydrogens (tertiary/aromatic N) is 3. The summed E-state index contributed by atoms with van der Waals surface area (Å²) in [5.74, 6) is 0. The van der Waals surface area contributed by atoms with Gasteiger partial charge < -0.3 is 5.32 Å². The molecule has 0 aromatic carbocycles. The van der Waals surface area contributed by atoms with E-state index in [-0.39, 0.29) is 10.6 Å². The summed E-state index contributed by atoms with van der Waals surface area (Å²) in [6.07, 6.45) is 1.53. The molecule has 0 amide bonds. The Morgan fingerprint density at radius 3 is 3.00 bits per heavy atom. The van der Waals surface area contributed by atoms with Crippen LogP contribution in [0.15, 0.2) is 16.4 Å². The SMILES string of the molecule is Cc1csc(CNc2cnn(C)c(=O)c2Cl)n1. The summed E-state index contributed by atoms with van der Waals surface area (Å²) < 4.78 is 1.20. The van der Waals surface area contributed by atoms with Crippen LogP contribution >= 0.6 is 22.9 Å². The van der Waals surface area contributed by atoms with Gasteiger partial charge in [0, 0.05) is 18.1 Å². The van der Waals surface area contributed by atoms with Crippen molar-refractivity contribution in [2.75, 3.05) is 5.32 Å². The summed E-state index contributed by atoms with van der Waals surface area (Å²) in [6, 6.07) is 0. The number of rotatable bonds is 3. The van der Waals surface area contributed by atoms with Gasteiger partial charge in [0.05, 0.1) is 18.4 Å². The quantitative estimate of drug-likeness (QED) is 0.924. The van der Waals surface area contributed by atoms with Gasteiger partial charge in [-0.3, -0.25) is 4.79 Å². The monoisotopic (exact) mass is 270 g/mol. The molecule has 0 fully saturated rings. The Morgan fingerprint density at radius 2 is 2.35 bits per heavy atom. The van der Waals surface area contributed by atoms with Gasteiger partial charge in [0.1, 0.15) is 10.0 Å². The highest BCUT2D eigenvalue weighted by molar-refractivity contribution is 7.09. The van der Waals surface area contributed by atoms with Gasteiger partial charge in [0.2, 0.25) is 0 Å². The maximum Gasteiger partial charge on any atom is 0.287 e. The highest BCUT2D eigenvalue weighted by Crippen LogP contribution is 2.17. The maximum absolute atomic E-state index is 11.5. The maximum atomic E-state index is 11.5. The van der Waals surface area contributed by atoms with Gasteiger partial charge in [-0.15, -0.1) is 11.3 Å². The van der Waals surface area contributed by atoms with Gasteiger partial charge in [-0.05, 0) is 6.92 Å². The molecule has 2 aromatic heterocycles. The third-order valence-corrected chi connectivity index (χ3v) is 3.51. The van der Waals surface area contributed by atoms with Crippen molar-refractivity contribution in [3.8, 4) is 0 Å². The Balaban J connectivity index is 2.15. The zero-order chi connectivity index (χ0) is 12.4. The van der Waals surface area contributed by atoms with Crippen LogP contribution in [0.1, 0.15) is 10.7 Å². The lowest BCUT2D eigenvalue weighted by Gasteiger charge is -2.06. The summed E-state index contributed by atoms with van der Waals surface area (Å²) in [4.78, 5) is 15.8. The standard InChI is InChI=1S/C10H11ClN4OS/c1-6-5-17-8(14-6)4-12-7-3-13-15(2)10(16)9(7)11/h3,5,12H,4H2,1-2H3. The van der Waals surface area contributed by atoms with Gasteiger partial charge >= 0.3 is 0 Å². The highest BCUT2D eigenvalue weighted by atomic mass is 35.5. The second-order valence-corrected chi connectivity index (χ2v) is 4.86. The molecular formula is C10H11ClN4OS. The van der Waals surface area contributed by atoms with Crippen molar-refractivity contribution in [3.63, 3.8) is 0 Å². The van der Waals surface area contributed by atoms with E-state index in [0.29, 0.717) is 12.2 Å². The molecule has 7 heteroatoms. The van der Waals surface area contributed by atoms with Crippen molar-refractivity contribution >= 4 is 28.6 Å². The van der Waals surface area contributed by atoms with Crippen molar-refractivity contribution in [3.05, 3.63) is 37.7 Å². The average molecular weight is 271 g/mol. The fraction of sp³-hybridized carbons (Fsp3) is 0.300. The topological polar surface area (TPSA) is 59.8 Å². The van der Waals surface area contributed by atoms with E-state index in [4.69, 9.17) is 11.6 Å². The number of aryl methyl sites for hydroxylation is 2. The molecule has 90 valence electrons. The van der Waals surface area contributed by atoms with Gasteiger partial charge in [-0.1, -0.05) is 11.6 Å². The first kappa shape index (κ1) is 12.1. The lowest BCUT2D eigenvalue weighted by molar-refractivity contribution is 0.708. The van der Waals surface area contributed by atoms with E-state index in [1.807, 2.05) is 12.3 Å². The highest BCUT2D eigenvalue weighted by Gasteiger charge is 2.07. The van der Waals surface area contributed by atoms with E-state index in [2.05, 4.69) is 15.4 Å². The van der Waals surface area contributed by atoms with Crippen LogP contribution in [0.5, 0.6) is 0 Å². The third-order valence-electron chi connectivity index (χ3n) is 2.17. The van der Waals surface area contributed by atoms with Crippen LogP contribution in [-0.4, -0.2) is 14.8 Å². The largest absolute Gasteiger partial charge is 0.376 e. The van der Waals surface area contributed by atoms with Gasteiger partial charge in [-0.25, -0.2) is 9.67 Å². The van der Waals surface area contributed by atoms with Crippen LogP contribution in [-0.2, 0) is 13.6 Å². The summed E-state index contributed by atoms with van der Waals surface area (Å²) >= 11 is 7.48. The molecule has 2 aromatic rings. The fourth-order valence-corrected chi connectivity index (χ4v) is 2.24. The molecule has 0 saturated heterocycles. The number of aromatic nitrogens is 3. The zero-order valence-corrected chi connectivity index (χ0v) is 11.0. The van der Waals surface area contributed by atoms with E-state index in [9.17, 15) is 4.79 Å². The second-order valence-electron chi connectivity index (χ2n) is 3.54. The molecule has 0 aliphatic rings. The molecule has 5 nitrogen and oxygen atoms in total.